The molecule has 96 valence electrons. The lowest BCUT2D eigenvalue weighted by molar-refractivity contribution is 0.100. The van der Waals surface area contributed by atoms with Crippen LogP contribution in [0.5, 0.6) is 0 Å². The number of aryl methyl sites for hydroxylation is 1. The number of fused-ring (bicyclic) bond motifs is 3. The zero-order valence-electron chi connectivity index (χ0n) is 9.90. The van der Waals surface area contributed by atoms with Crippen LogP contribution in [0.25, 0.3) is 10.9 Å². The Morgan fingerprint density at radius 3 is 2.89 bits per heavy atom. The molecular weight excluding hydrogens is 250 g/mol. The Labute approximate surface area is 111 Å². The molecular formula is C13H16ClN3O. The van der Waals surface area contributed by atoms with E-state index in [0.717, 1.165) is 30.2 Å². The Bertz CT molecular complexity index is 606. The lowest BCUT2D eigenvalue weighted by Crippen LogP contribution is -2.27. The van der Waals surface area contributed by atoms with E-state index >= 15 is 0 Å². The summed E-state index contributed by atoms with van der Waals surface area (Å²) in [6.45, 7) is 0. The van der Waals surface area contributed by atoms with Crippen LogP contribution in [-0.4, -0.2) is 16.9 Å². The van der Waals surface area contributed by atoms with Crippen molar-refractivity contribution in [1.29, 1.82) is 0 Å². The molecule has 0 aliphatic heterocycles. The molecule has 0 radical (unpaired) electrons. The first-order valence-corrected chi connectivity index (χ1v) is 5.84. The summed E-state index contributed by atoms with van der Waals surface area (Å²) >= 11 is 0. The zero-order chi connectivity index (χ0) is 12.0. The topological polar surface area (TPSA) is 84.9 Å². The van der Waals surface area contributed by atoms with Gasteiger partial charge in [0, 0.05) is 28.2 Å². The molecule has 3 rings (SSSR count). The Morgan fingerprint density at radius 2 is 2.17 bits per heavy atom. The fraction of sp³-hybridized carbons (Fsp3) is 0.308. The number of nitrogens with one attached hydrogen (secondary N) is 1. The molecule has 0 unspecified atom stereocenters. The molecule has 0 bridgehead atoms. The van der Waals surface area contributed by atoms with E-state index in [1.165, 1.54) is 11.3 Å². The number of rotatable bonds is 1. The number of amides is 1. The highest BCUT2D eigenvalue weighted by atomic mass is 35.5. The van der Waals surface area contributed by atoms with Crippen molar-refractivity contribution in [3.05, 3.63) is 35.0 Å². The second-order valence-corrected chi connectivity index (χ2v) is 4.71. The SMILES string of the molecule is Cl.NC(=O)c1ccc2[nH]c3c(c2c1)C[C@@H](N)CC3. The molecule has 5 heteroatoms. The van der Waals surface area contributed by atoms with Gasteiger partial charge in [-0.25, -0.2) is 0 Å². The summed E-state index contributed by atoms with van der Waals surface area (Å²) in [5.41, 5.74) is 15.4. The summed E-state index contributed by atoms with van der Waals surface area (Å²) in [6.07, 6.45) is 2.87. The smallest absolute Gasteiger partial charge is 0.248 e. The lowest BCUT2D eigenvalue weighted by Gasteiger charge is -2.18. The minimum Gasteiger partial charge on any atom is -0.366 e. The van der Waals surface area contributed by atoms with Crippen LogP contribution in [0.3, 0.4) is 0 Å². The molecule has 0 saturated heterocycles. The van der Waals surface area contributed by atoms with Gasteiger partial charge in [-0.15, -0.1) is 12.4 Å². The number of hydrogen-bond acceptors (Lipinski definition) is 2. The number of carbonyl (C=O) groups excluding carboxylic acids is 1. The number of H-pyrrole nitrogens is 1. The van der Waals surface area contributed by atoms with Crippen LogP contribution in [0.1, 0.15) is 28.0 Å². The molecule has 1 atom stereocenters. The quantitative estimate of drug-likeness (QED) is 0.730. The minimum atomic E-state index is -0.387. The number of carbonyl (C=O) groups is 1. The standard InChI is InChI=1S/C13H15N3O.ClH/c14-8-2-4-12-10(6-8)9-5-7(13(15)17)1-3-11(9)16-12;/h1,3,5,8,16H,2,4,6,14H2,(H2,15,17);1H/t8-;/m0./s1. The van der Waals surface area contributed by atoms with Gasteiger partial charge in [-0.3, -0.25) is 4.79 Å². The molecule has 1 heterocycles. The predicted octanol–water partition coefficient (Wildman–Crippen LogP) is 1.50. The van der Waals surface area contributed by atoms with Gasteiger partial charge in [0.05, 0.1) is 0 Å². The molecule has 1 aromatic carbocycles. The summed E-state index contributed by atoms with van der Waals surface area (Å²) in [7, 11) is 0. The van der Waals surface area contributed by atoms with E-state index in [1.807, 2.05) is 12.1 Å². The van der Waals surface area contributed by atoms with Crippen molar-refractivity contribution >= 4 is 29.2 Å². The summed E-state index contributed by atoms with van der Waals surface area (Å²) in [5, 5.41) is 1.09. The van der Waals surface area contributed by atoms with Crippen LogP contribution in [0.2, 0.25) is 0 Å². The fourth-order valence-electron chi connectivity index (χ4n) is 2.60. The molecule has 4 nitrogen and oxygen atoms in total. The van der Waals surface area contributed by atoms with Gasteiger partial charge in [-0.2, -0.15) is 0 Å². The molecule has 0 saturated carbocycles. The van der Waals surface area contributed by atoms with E-state index in [2.05, 4.69) is 4.98 Å². The van der Waals surface area contributed by atoms with Gasteiger partial charge >= 0.3 is 0 Å². The number of aromatic amines is 1. The van der Waals surface area contributed by atoms with Gasteiger partial charge in [0.1, 0.15) is 0 Å². The highest BCUT2D eigenvalue weighted by Gasteiger charge is 2.20. The van der Waals surface area contributed by atoms with E-state index in [-0.39, 0.29) is 24.4 Å². The van der Waals surface area contributed by atoms with Crippen LogP contribution in [0, 0.1) is 0 Å². The Hall–Kier alpha value is -1.52. The Balaban J connectivity index is 0.00000120. The van der Waals surface area contributed by atoms with Gasteiger partial charge in [0.15, 0.2) is 0 Å². The molecule has 2 aromatic rings. The number of primary amides is 1. The average Bonchev–Trinajstić information content (AvgIpc) is 2.66. The minimum absolute atomic E-state index is 0. The number of halogens is 1. The van der Waals surface area contributed by atoms with Crippen molar-refractivity contribution < 1.29 is 4.79 Å². The molecule has 18 heavy (non-hydrogen) atoms. The first-order valence-electron chi connectivity index (χ1n) is 5.84. The Kier molecular flexibility index (Phi) is 3.32. The second kappa shape index (κ2) is 4.63. The van der Waals surface area contributed by atoms with Gasteiger partial charge < -0.3 is 16.5 Å². The molecule has 1 aliphatic rings. The summed E-state index contributed by atoms with van der Waals surface area (Å²) in [4.78, 5) is 14.6. The summed E-state index contributed by atoms with van der Waals surface area (Å²) in [6, 6.07) is 5.76. The third-order valence-corrected chi connectivity index (χ3v) is 3.51. The van der Waals surface area contributed by atoms with E-state index in [9.17, 15) is 4.79 Å². The van der Waals surface area contributed by atoms with Crippen LogP contribution >= 0.6 is 12.4 Å². The van der Waals surface area contributed by atoms with Crippen LogP contribution in [0.15, 0.2) is 18.2 Å². The second-order valence-electron chi connectivity index (χ2n) is 4.71. The molecule has 0 fully saturated rings. The van der Waals surface area contributed by atoms with Gasteiger partial charge in [0.25, 0.3) is 0 Å². The van der Waals surface area contributed by atoms with E-state index in [0.29, 0.717) is 5.56 Å². The normalized spacial score (nSPS) is 18.2. The highest BCUT2D eigenvalue weighted by molar-refractivity contribution is 5.98. The van der Waals surface area contributed by atoms with Crippen molar-refractivity contribution in [2.75, 3.05) is 0 Å². The third-order valence-electron chi connectivity index (χ3n) is 3.51. The van der Waals surface area contributed by atoms with E-state index in [4.69, 9.17) is 11.5 Å². The average molecular weight is 266 g/mol. The lowest BCUT2D eigenvalue weighted by atomic mass is 9.92. The fourth-order valence-corrected chi connectivity index (χ4v) is 2.60. The van der Waals surface area contributed by atoms with E-state index < -0.39 is 0 Å². The monoisotopic (exact) mass is 265 g/mol. The van der Waals surface area contributed by atoms with Crippen molar-refractivity contribution in [3.63, 3.8) is 0 Å². The Morgan fingerprint density at radius 1 is 1.39 bits per heavy atom. The first-order chi connectivity index (χ1) is 8.15. The largest absolute Gasteiger partial charge is 0.366 e. The zero-order valence-corrected chi connectivity index (χ0v) is 10.7. The first kappa shape index (κ1) is 12.9. The van der Waals surface area contributed by atoms with E-state index in [1.54, 1.807) is 6.07 Å². The van der Waals surface area contributed by atoms with Crippen LogP contribution in [0.4, 0.5) is 0 Å². The maximum absolute atomic E-state index is 11.2. The highest BCUT2D eigenvalue weighted by Crippen LogP contribution is 2.29. The van der Waals surface area contributed by atoms with Crippen molar-refractivity contribution in [1.82, 2.24) is 4.98 Å². The molecule has 5 N–H and O–H groups in total. The summed E-state index contributed by atoms with van der Waals surface area (Å²) in [5.74, 6) is -0.387. The summed E-state index contributed by atoms with van der Waals surface area (Å²) < 4.78 is 0. The van der Waals surface area contributed by atoms with Crippen LogP contribution in [-0.2, 0) is 12.8 Å². The molecule has 1 aromatic heterocycles. The van der Waals surface area contributed by atoms with Gasteiger partial charge in [-0.05, 0) is 43.0 Å². The number of benzene rings is 1. The van der Waals surface area contributed by atoms with Crippen molar-refractivity contribution in [2.45, 2.75) is 25.3 Å². The van der Waals surface area contributed by atoms with Crippen molar-refractivity contribution in [2.24, 2.45) is 11.5 Å². The third kappa shape index (κ3) is 1.98. The number of nitrogens with two attached hydrogens (primary N) is 2. The number of hydrogen-bond donors (Lipinski definition) is 3. The maximum Gasteiger partial charge on any atom is 0.248 e. The number of aromatic nitrogens is 1. The van der Waals surface area contributed by atoms with Gasteiger partial charge in [0.2, 0.25) is 5.91 Å². The maximum atomic E-state index is 11.2. The van der Waals surface area contributed by atoms with Crippen LogP contribution < -0.4 is 11.5 Å². The molecule has 1 amide bonds. The van der Waals surface area contributed by atoms with Crippen molar-refractivity contribution in [3.8, 4) is 0 Å². The predicted molar refractivity (Wildman–Crippen MR) is 74.1 cm³/mol. The molecule has 0 spiro atoms. The van der Waals surface area contributed by atoms with Gasteiger partial charge in [-0.1, -0.05) is 0 Å². The molecule has 1 aliphatic carbocycles.